The molecule has 1 unspecified atom stereocenters. The maximum absolute atomic E-state index is 8.94. The fourth-order valence-electron chi connectivity index (χ4n) is 2.83. The van der Waals surface area contributed by atoms with Gasteiger partial charge in [-0.25, -0.2) is 0 Å². The van der Waals surface area contributed by atoms with Crippen LogP contribution in [0, 0.1) is 11.3 Å². The standard InChI is InChI=1S/C20H22N2O2/c21-12-16-4-1-6-18(10-16)15-24-19-7-2-5-17(11-19)13-22-14-20-8-3-9-23-20/h1-2,4-7,10-11,20,22H,3,8-9,13-15H2. The highest BCUT2D eigenvalue weighted by Crippen LogP contribution is 2.16. The molecule has 2 aromatic rings. The number of ether oxygens (including phenoxy) is 2. The first kappa shape index (κ1) is 16.5. The third-order valence-electron chi connectivity index (χ3n) is 4.09. The van der Waals surface area contributed by atoms with Gasteiger partial charge in [0, 0.05) is 19.7 Å². The summed E-state index contributed by atoms with van der Waals surface area (Å²) in [6.45, 7) is 3.05. The number of benzene rings is 2. The van der Waals surface area contributed by atoms with Gasteiger partial charge in [-0.05, 0) is 48.2 Å². The molecule has 0 bridgehead atoms. The fourth-order valence-corrected chi connectivity index (χ4v) is 2.83. The molecule has 4 heteroatoms. The van der Waals surface area contributed by atoms with Crippen molar-refractivity contribution >= 4 is 0 Å². The Morgan fingerprint density at radius 3 is 2.88 bits per heavy atom. The Labute approximate surface area is 143 Å². The lowest BCUT2D eigenvalue weighted by molar-refractivity contribution is 0.110. The van der Waals surface area contributed by atoms with Gasteiger partial charge < -0.3 is 14.8 Å². The van der Waals surface area contributed by atoms with Gasteiger partial charge in [0.2, 0.25) is 0 Å². The number of hydrogen-bond acceptors (Lipinski definition) is 4. The predicted molar refractivity (Wildman–Crippen MR) is 92.6 cm³/mol. The average Bonchev–Trinajstić information content (AvgIpc) is 3.14. The van der Waals surface area contributed by atoms with Gasteiger partial charge in [0.25, 0.3) is 0 Å². The molecular weight excluding hydrogens is 300 g/mol. The molecule has 3 rings (SSSR count). The summed E-state index contributed by atoms with van der Waals surface area (Å²) in [5, 5.41) is 12.4. The molecule has 1 aliphatic heterocycles. The lowest BCUT2D eigenvalue weighted by atomic mass is 10.1. The van der Waals surface area contributed by atoms with Crippen molar-refractivity contribution in [2.45, 2.75) is 32.1 Å². The quantitative estimate of drug-likeness (QED) is 0.849. The molecule has 4 nitrogen and oxygen atoms in total. The summed E-state index contributed by atoms with van der Waals surface area (Å²) in [7, 11) is 0. The Morgan fingerprint density at radius 2 is 2.04 bits per heavy atom. The molecule has 1 aliphatic rings. The van der Waals surface area contributed by atoms with Gasteiger partial charge in [0.15, 0.2) is 0 Å². The van der Waals surface area contributed by atoms with Gasteiger partial charge >= 0.3 is 0 Å². The SMILES string of the molecule is N#Cc1cccc(COc2cccc(CNCC3CCCO3)c2)c1. The number of nitriles is 1. The molecule has 0 amide bonds. The minimum Gasteiger partial charge on any atom is -0.489 e. The van der Waals surface area contributed by atoms with Crippen molar-refractivity contribution in [3.8, 4) is 11.8 Å². The second-order valence-electron chi connectivity index (χ2n) is 6.01. The average molecular weight is 322 g/mol. The van der Waals surface area contributed by atoms with Gasteiger partial charge in [-0.15, -0.1) is 0 Å². The Morgan fingerprint density at radius 1 is 1.17 bits per heavy atom. The van der Waals surface area contributed by atoms with Crippen LogP contribution in [0.1, 0.15) is 29.5 Å². The zero-order valence-electron chi connectivity index (χ0n) is 13.7. The predicted octanol–water partition coefficient (Wildman–Crippen LogP) is 3.41. The lowest BCUT2D eigenvalue weighted by Crippen LogP contribution is -2.25. The van der Waals surface area contributed by atoms with E-state index in [0.29, 0.717) is 18.3 Å². The van der Waals surface area contributed by atoms with Gasteiger partial charge in [0.05, 0.1) is 17.7 Å². The molecule has 1 heterocycles. The molecular formula is C20H22N2O2. The highest BCUT2D eigenvalue weighted by Gasteiger charge is 2.14. The maximum Gasteiger partial charge on any atom is 0.120 e. The first-order chi connectivity index (χ1) is 11.8. The van der Waals surface area contributed by atoms with Crippen molar-refractivity contribution in [3.63, 3.8) is 0 Å². The van der Waals surface area contributed by atoms with Crippen molar-refractivity contribution in [3.05, 3.63) is 65.2 Å². The summed E-state index contributed by atoms with van der Waals surface area (Å²) in [4.78, 5) is 0. The van der Waals surface area contributed by atoms with Crippen LogP contribution >= 0.6 is 0 Å². The zero-order valence-corrected chi connectivity index (χ0v) is 13.7. The van der Waals surface area contributed by atoms with Crippen molar-refractivity contribution in [2.75, 3.05) is 13.2 Å². The normalized spacial score (nSPS) is 16.7. The lowest BCUT2D eigenvalue weighted by Gasteiger charge is -2.12. The topological polar surface area (TPSA) is 54.3 Å². The van der Waals surface area contributed by atoms with Gasteiger partial charge in [-0.3, -0.25) is 0 Å². The van der Waals surface area contributed by atoms with Crippen LogP contribution in [0.25, 0.3) is 0 Å². The van der Waals surface area contributed by atoms with Crippen LogP contribution in [-0.2, 0) is 17.9 Å². The van der Waals surface area contributed by atoms with E-state index >= 15 is 0 Å². The molecule has 0 saturated carbocycles. The first-order valence-electron chi connectivity index (χ1n) is 8.36. The Bertz CT molecular complexity index is 703. The van der Waals surface area contributed by atoms with Crippen molar-refractivity contribution in [1.29, 1.82) is 5.26 Å². The van der Waals surface area contributed by atoms with Crippen molar-refractivity contribution in [1.82, 2.24) is 5.32 Å². The van der Waals surface area contributed by atoms with Crippen LogP contribution in [0.15, 0.2) is 48.5 Å². The summed E-state index contributed by atoms with van der Waals surface area (Å²) in [6.07, 6.45) is 2.68. The second kappa shape index (κ2) is 8.49. The number of hydrogen-bond donors (Lipinski definition) is 1. The first-order valence-corrected chi connectivity index (χ1v) is 8.36. The van der Waals surface area contributed by atoms with E-state index in [0.717, 1.165) is 37.4 Å². The monoisotopic (exact) mass is 322 g/mol. The van der Waals surface area contributed by atoms with Crippen LogP contribution in [0.4, 0.5) is 0 Å². The highest BCUT2D eigenvalue weighted by molar-refractivity contribution is 5.33. The van der Waals surface area contributed by atoms with E-state index in [1.165, 1.54) is 12.0 Å². The van der Waals surface area contributed by atoms with E-state index < -0.39 is 0 Å². The molecule has 124 valence electrons. The maximum atomic E-state index is 8.94. The Balaban J connectivity index is 1.50. The van der Waals surface area contributed by atoms with E-state index in [1.807, 2.05) is 30.3 Å². The van der Waals surface area contributed by atoms with Gasteiger partial charge in [-0.1, -0.05) is 24.3 Å². The van der Waals surface area contributed by atoms with E-state index in [2.05, 4.69) is 23.5 Å². The number of nitrogens with zero attached hydrogens (tertiary/aromatic N) is 1. The smallest absolute Gasteiger partial charge is 0.120 e. The van der Waals surface area contributed by atoms with E-state index in [9.17, 15) is 0 Å². The molecule has 0 radical (unpaired) electrons. The summed E-state index contributed by atoms with van der Waals surface area (Å²) < 4.78 is 11.5. The van der Waals surface area contributed by atoms with Crippen LogP contribution in [-0.4, -0.2) is 19.3 Å². The summed E-state index contributed by atoms with van der Waals surface area (Å²) in [5.41, 5.74) is 2.84. The van der Waals surface area contributed by atoms with Crippen LogP contribution < -0.4 is 10.1 Å². The second-order valence-corrected chi connectivity index (χ2v) is 6.01. The number of rotatable bonds is 7. The summed E-state index contributed by atoms with van der Waals surface area (Å²) in [6, 6.07) is 17.7. The largest absolute Gasteiger partial charge is 0.489 e. The Hall–Kier alpha value is -2.35. The van der Waals surface area contributed by atoms with E-state index in [-0.39, 0.29) is 0 Å². The van der Waals surface area contributed by atoms with E-state index in [4.69, 9.17) is 14.7 Å². The minimum atomic E-state index is 0.358. The zero-order chi connectivity index (χ0) is 16.6. The summed E-state index contributed by atoms with van der Waals surface area (Å²) in [5.74, 6) is 0.841. The summed E-state index contributed by atoms with van der Waals surface area (Å²) >= 11 is 0. The fraction of sp³-hybridized carbons (Fsp3) is 0.350. The number of nitrogens with one attached hydrogen (secondary N) is 1. The van der Waals surface area contributed by atoms with Gasteiger partial charge in [-0.2, -0.15) is 5.26 Å². The van der Waals surface area contributed by atoms with E-state index in [1.54, 1.807) is 6.07 Å². The Kier molecular flexibility index (Phi) is 5.84. The minimum absolute atomic E-state index is 0.358. The highest BCUT2D eigenvalue weighted by atomic mass is 16.5. The molecule has 24 heavy (non-hydrogen) atoms. The van der Waals surface area contributed by atoms with Crippen LogP contribution in [0.5, 0.6) is 5.75 Å². The van der Waals surface area contributed by atoms with Crippen molar-refractivity contribution in [2.24, 2.45) is 0 Å². The third kappa shape index (κ3) is 4.82. The molecule has 0 aromatic heterocycles. The third-order valence-corrected chi connectivity index (χ3v) is 4.09. The molecule has 1 N–H and O–H groups in total. The molecule has 0 spiro atoms. The molecule has 2 aromatic carbocycles. The van der Waals surface area contributed by atoms with Crippen LogP contribution in [0.2, 0.25) is 0 Å². The molecule has 1 atom stereocenters. The van der Waals surface area contributed by atoms with Crippen molar-refractivity contribution < 1.29 is 9.47 Å². The molecule has 0 aliphatic carbocycles. The molecule has 1 saturated heterocycles. The molecule has 1 fully saturated rings. The van der Waals surface area contributed by atoms with Gasteiger partial charge in [0.1, 0.15) is 12.4 Å². The van der Waals surface area contributed by atoms with Crippen LogP contribution in [0.3, 0.4) is 0 Å².